The molecule has 0 radical (unpaired) electrons. The number of ether oxygens (including phenoxy) is 2. The first-order valence-corrected chi connectivity index (χ1v) is 6.34. The number of carbonyl (C=O) groups is 1. The molecule has 0 aliphatic heterocycles. The van der Waals surface area contributed by atoms with Gasteiger partial charge in [0.2, 0.25) is 0 Å². The summed E-state index contributed by atoms with van der Waals surface area (Å²) in [6, 6.07) is 6.55. The van der Waals surface area contributed by atoms with E-state index in [0.29, 0.717) is 22.9 Å². The van der Waals surface area contributed by atoms with Crippen LogP contribution in [0.1, 0.15) is 5.56 Å². The van der Waals surface area contributed by atoms with Crippen molar-refractivity contribution in [1.29, 1.82) is 0 Å². The number of aryl methyl sites for hydroxylation is 1. The minimum atomic E-state index is -0.354. The molecule has 1 aromatic carbocycles. The van der Waals surface area contributed by atoms with E-state index in [1.807, 2.05) is 6.92 Å². The Balaban J connectivity index is 2.11. The van der Waals surface area contributed by atoms with Gasteiger partial charge in [-0.15, -0.1) is 0 Å². The van der Waals surface area contributed by atoms with E-state index in [0.717, 1.165) is 5.56 Å². The number of hydrogen-bond acceptors (Lipinski definition) is 4. The lowest BCUT2D eigenvalue weighted by Crippen LogP contribution is -2.20. The number of nitrogens with one attached hydrogen (secondary N) is 2. The molecule has 0 atom stereocenters. The van der Waals surface area contributed by atoms with E-state index in [1.54, 1.807) is 43.8 Å². The van der Waals surface area contributed by atoms with Gasteiger partial charge in [0.15, 0.2) is 0 Å². The van der Waals surface area contributed by atoms with Crippen LogP contribution in [-0.4, -0.2) is 25.2 Å². The average molecular weight is 287 g/mol. The summed E-state index contributed by atoms with van der Waals surface area (Å²) >= 11 is 0. The third-order valence-corrected chi connectivity index (χ3v) is 2.93. The van der Waals surface area contributed by atoms with E-state index in [1.165, 1.54) is 7.11 Å². The fraction of sp³-hybridized carbons (Fsp3) is 0.200. The predicted octanol–water partition coefficient (Wildman–Crippen LogP) is 3.05. The Morgan fingerprint density at radius 1 is 1.10 bits per heavy atom. The van der Waals surface area contributed by atoms with Crippen LogP contribution in [0.15, 0.2) is 36.7 Å². The van der Waals surface area contributed by atoms with Crippen molar-refractivity contribution in [3.63, 3.8) is 0 Å². The average Bonchev–Trinajstić information content (AvgIpc) is 2.50. The van der Waals surface area contributed by atoms with Gasteiger partial charge in [0.25, 0.3) is 0 Å². The molecular formula is C15H17N3O3. The topological polar surface area (TPSA) is 72.5 Å². The summed E-state index contributed by atoms with van der Waals surface area (Å²) in [5.74, 6) is 1.18. The molecule has 0 bridgehead atoms. The third-order valence-electron chi connectivity index (χ3n) is 2.93. The number of aromatic nitrogens is 1. The van der Waals surface area contributed by atoms with Gasteiger partial charge in [-0.05, 0) is 30.7 Å². The first-order chi connectivity index (χ1) is 10.1. The maximum absolute atomic E-state index is 12.0. The lowest BCUT2D eigenvalue weighted by atomic mass is 10.2. The van der Waals surface area contributed by atoms with Crippen molar-refractivity contribution in [3.8, 4) is 11.5 Å². The van der Waals surface area contributed by atoms with Gasteiger partial charge < -0.3 is 20.1 Å². The summed E-state index contributed by atoms with van der Waals surface area (Å²) in [5.41, 5.74) is 2.15. The summed E-state index contributed by atoms with van der Waals surface area (Å²) in [4.78, 5) is 16.0. The molecule has 2 amide bonds. The van der Waals surface area contributed by atoms with Crippen LogP contribution in [0, 0.1) is 6.92 Å². The van der Waals surface area contributed by atoms with Gasteiger partial charge in [0, 0.05) is 24.1 Å². The summed E-state index contributed by atoms with van der Waals surface area (Å²) < 4.78 is 10.3. The molecule has 0 fully saturated rings. The van der Waals surface area contributed by atoms with Crippen LogP contribution in [0.25, 0.3) is 0 Å². The third kappa shape index (κ3) is 3.62. The van der Waals surface area contributed by atoms with Crippen molar-refractivity contribution < 1.29 is 14.3 Å². The number of amides is 2. The van der Waals surface area contributed by atoms with E-state index < -0.39 is 0 Å². The number of benzene rings is 1. The van der Waals surface area contributed by atoms with E-state index in [-0.39, 0.29) is 6.03 Å². The quantitative estimate of drug-likeness (QED) is 0.906. The van der Waals surface area contributed by atoms with Crippen LogP contribution in [-0.2, 0) is 0 Å². The molecule has 1 heterocycles. The van der Waals surface area contributed by atoms with Crippen LogP contribution in [0.5, 0.6) is 11.5 Å². The van der Waals surface area contributed by atoms with E-state index >= 15 is 0 Å². The molecule has 1 aromatic heterocycles. The van der Waals surface area contributed by atoms with Crippen molar-refractivity contribution in [2.75, 3.05) is 24.9 Å². The fourth-order valence-corrected chi connectivity index (χ4v) is 1.79. The molecule has 2 rings (SSSR count). The first-order valence-electron chi connectivity index (χ1n) is 6.34. The molecule has 21 heavy (non-hydrogen) atoms. The largest absolute Gasteiger partial charge is 0.497 e. The van der Waals surface area contributed by atoms with Crippen LogP contribution >= 0.6 is 0 Å². The van der Waals surface area contributed by atoms with Crippen LogP contribution in [0.2, 0.25) is 0 Å². The second-order valence-corrected chi connectivity index (χ2v) is 4.34. The number of rotatable bonds is 4. The Labute approximate surface area is 123 Å². The standard InChI is InChI=1S/C15H17N3O3/c1-10-9-16-7-6-12(10)17-15(19)18-13-5-4-11(20-2)8-14(13)21-3/h4-9H,1-3H3,(H2,16,17,18,19). The van der Waals surface area contributed by atoms with Crippen LogP contribution < -0.4 is 20.1 Å². The molecule has 0 aliphatic rings. The molecular weight excluding hydrogens is 270 g/mol. The number of methoxy groups -OCH3 is 2. The number of nitrogens with zero attached hydrogens (tertiary/aromatic N) is 1. The van der Waals surface area contributed by atoms with E-state index in [9.17, 15) is 4.79 Å². The minimum absolute atomic E-state index is 0.354. The van der Waals surface area contributed by atoms with Gasteiger partial charge >= 0.3 is 6.03 Å². The smallest absolute Gasteiger partial charge is 0.323 e. The summed E-state index contributed by atoms with van der Waals surface area (Å²) in [7, 11) is 3.10. The van der Waals surface area contributed by atoms with E-state index in [4.69, 9.17) is 9.47 Å². The Kier molecular flexibility index (Phi) is 4.61. The minimum Gasteiger partial charge on any atom is -0.497 e. The predicted molar refractivity (Wildman–Crippen MR) is 81.2 cm³/mol. The summed E-state index contributed by atoms with van der Waals surface area (Å²) in [6.07, 6.45) is 3.31. The normalized spacial score (nSPS) is 9.86. The highest BCUT2D eigenvalue weighted by Gasteiger charge is 2.09. The molecule has 0 aliphatic carbocycles. The second-order valence-electron chi connectivity index (χ2n) is 4.34. The Morgan fingerprint density at radius 2 is 1.86 bits per heavy atom. The monoisotopic (exact) mass is 287 g/mol. The van der Waals surface area contributed by atoms with Crippen LogP contribution in [0.4, 0.5) is 16.2 Å². The molecule has 0 unspecified atom stereocenters. The van der Waals surface area contributed by atoms with Crippen molar-refractivity contribution in [2.45, 2.75) is 6.92 Å². The number of hydrogen-bond donors (Lipinski definition) is 2. The molecule has 0 saturated heterocycles. The van der Waals surface area contributed by atoms with Gasteiger partial charge in [0.05, 0.1) is 19.9 Å². The zero-order valence-electron chi connectivity index (χ0n) is 12.1. The Bertz CT molecular complexity index is 644. The summed E-state index contributed by atoms with van der Waals surface area (Å²) in [6.45, 7) is 1.87. The lowest BCUT2D eigenvalue weighted by molar-refractivity contribution is 0.262. The molecule has 0 spiro atoms. The first kappa shape index (κ1) is 14.6. The molecule has 110 valence electrons. The highest BCUT2D eigenvalue weighted by molar-refractivity contribution is 6.01. The lowest BCUT2D eigenvalue weighted by Gasteiger charge is -2.13. The highest BCUT2D eigenvalue weighted by atomic mass is 16.5. The number of anilines is 2. The molecule has 6 nitrogen and oxygen atoms in total. The SMILES string of the molecule is COc1ccc(NC(=O)Nc2ccncc2C)c(OC)c1. The van der Waals surface area contributed by atoms with Gasteiger partial charge in [-0.2, -0.15) is 0 Å². The van der Waals surface area contributed by atoms with Gasteiger partial charge in [-0.1, -0.05) is 0 Å². The fourth-order valence-electron chi connectivity index (χ4n) is 1.79. The van der Waals surface area contributed by atoms with E-state index in [2.05, 4.69) is 15.6 Å². The maximum atomic E-state index is 12.0. The molecule has 6 heteroatoms. The zero-order valence-corrected chi connectivity index (χ0v) is 12.1. The highest BCUT2D eigenvalue weighted by Crippen LogP contribution is 2.29. The Hall–Kier alpha value is -2.76. The summed E-state index contributed by atoms with van der Waals surface area (Å²) in [5, 5.41) is 5.50. The van der Waals surface area contributed by atoms with Gasteiger partial charge in [-0.25, -0.2) is 4.79 Å². The number of pyridine rings is 1. The van der Waals surface area contributed by atoms with Gasteiger partial charge in [-0.3, -0.25) is 4.98 Å². The maximum Gasteiger partial charge on any atom is 0.323 e. The zero-order chi connectivity index (χ0) is 15.2. The molecule has 2 N–H and O–H groups in total. The number of urea groups is 1. The van der Waals surface area contributed by atoms with Crippen molar-refractivity contribution >= 4 is 17.4 Å². The second kappa shape index (κ2) is 6.60. The molecule has 0 saturated carbocycles. The van der Waals surface area contributed by atoms with Crippen molar-refractivity contribution in [2.24, 2.45) is 0 Å². The van der Waals surface area contributed by atoms with Gasteiger partial charge in [0.1, 0.15) is 11.5 Å². The number of carbonyl (C=O) groups excluding carboxylic acids is 1. The van der Waals surface area contributed by atoms with Crippen LogP contribution in [0.3, 0.4) is 0 Å². The van der Waals surface area contributed by atoms with Crippen molar-refractivity contribution in [1.82, 2.24) is 4.98 Å². The Morgan fingerprint density at radius 3 is 2.52 bits per heavy atom. The molecule has 2 aromatic rings. The van der Waals surface area contributed by atoms with Crippen molar-refractivity contribution in [3.05, 3.63) is 42.2 Å².